The van der Waals surface area contributed by atoms with E-state index in [2.05, 4.69) is 15.6 Å². The number of amides is 1. The topological polar surface area (TPSA) is 76.4 Å². The molecule has 0 saturated carbocycles. The number of fused-ring (bicyclic) bond motifs is 1. The highest BCUT2D eigenvalue weighted by molar-refractivity contribution is 7.80. The number of anilines is 1. The predicted molar refractivity (Wildman–Crippen MR) is 136 cm³/mol. The summed E-state index contributed by atoms with van der Waals surface area (Å²) in [5.74, 6) is 0.517. The fraction of sp³-hybridized carbons (Fsp3) is 0.0870. The number of aryl methyl sites for hydroxylation is 1. The zero-order valence-corrected chi connectivity index (χ0v) is 20.2. The van der Waals surface area contributed by atoms with Crippen molar-refractivity contribution in [1.29, 1.82) is 0 Å². The fourth-order valence-corrected chi connectivity index (χ4v) is 3.87. The zero-order chi connectivity index (χ0) is 23.5. The minimum Gasteiger partial charge on any atom is -0.483 e. The summed E-state index contributed by atoms with van der Waals surface area (Å²) in [6.07, 6.45) is 0. The normalized spacial score (nSPS) is 10.8. The molecule has 4 aromatic rings. The maximum absolute atomic E-state index is 12.2. The summed E-state index contributed by atoms with van der Waals surface area (Å²) in [6, 6.07) is 15.6. The second kappa shape index (κ2) is 9.97. The Morgan fingerprint density at radius 3 is 2.73 bits per heavy atom. The summed E-state index contributed by atoms with van der Waals surface area (Å²) in [5, 5.41) is 7.02. The maximum Gasteiger partial charge on any atom is 0.264 e. The summed E-state index contributed by atoms with van der Waals surface area (Å²) in [6.45, 7) is 1.65. The van der Waals surface area contributed by atoms with Crippen molar-refractivity contribution in [2.24, 2.45) is 0 Å². The molecule has 10 heteroatoms. The van der Waals surface area contributed by atoms with Gasteiger partial charge >= 0.3 is 0 Å². The molecule has 1 aromatic heterocycles. The first-order chi connectivity index (χ1) is 15.8. The van der Waals surface area contributed by atoms with Gasteiger partial charge in [-0.15, -0.1) is 0 Å². The van der Waals surface area contributed by atoms with E-state index in [1.807, 2.05) is 6.92 Å². The molecule has 1 amide bonds. The number of hydrogen-bond donors (Lipinski definition) is 2. The Morgan fingerprint density at radius 2 is 1.94 bits per heavy atom. The Labute approximate surface area is 209 Å². The van der Waals surface area contributed by atoms with Gasteiger partial charge in [0.25, 0.3) is 5.91 Å². The first kappa shape index (κ1) is 23.3. The monoisotopic (exact) mass is 519 g/mol. The van der Waals surface area contributed by atoms with Crippen LogP contribution in [0.2, 0.25) is 15.1 Å². The molecule has 0 atom stereocenters. The van der Waals surface area contributed by atoms with E-state index in [9.17, 15) is 4.79 Å². The number of hydrogen-bond acceptors (Lipinski definition) is 5. The first-order valence-corrected chi connectivity index (χ1v) is 11.2. The Bertz CT molecular complexity index is 1370. The van der Waals surface area contributed by atoms with Crippen LogP contribution >= 0.6 is 47.0 Å². The van der Waals surface area contributed by atoms with E-state index in [1.54, 1.807) is 54.6 Å². The molecule has 3 aromatic carbocycles. The molecule has 0 aliphatic carbocycles. The van der Waals surface area contributed by atoms with Crippen molar-refractivity contribution in [1.82, 2.24) is 10.3 Å². The molecule has 0 aliphatic rings. The van der Waals surface area contributed by atoms with Crippen LogP contribution in [-0.4, -0.2) is 22.6 Å². The minimum absolute atomic E-state index is 0.123. The van der Waals surface area contributed by atoms with Crippen LogP contribution in [0.4, 0.5) is 5.69 Å². The Kier molecular flexibility index (Phi) is 7.05. The van der Waals surface area contributed by atoms with Gasteiger partial charge in [0, 0.05) is 10.7 Å². The van der Waals surface area contributed by atoms with E-state index in [0.717, 1.165) is 5.56 Å². The van der Waals surface area contributed by atoms with Gasteiger partial charge in [-0.25, -0.2) is 4.98 Å². The van der Waals surface area contributed by atoms with Gasteiger partial charge in [0.2, 0.25) is 5.89 Å². The van der Waals surface area contributed by atoms with Crippen molar-refractivity contribution < 1.29 is 13.9 Å². The number of nitrogens with zero attached hydrogens (tertiary/aromatic N) is 1. The Morgan fingerprint density at radius 1 is 1.12 bits per heavy atom. The fourth-order valence-electron chi connectivity index (χ4n) is 3.03. The third-order valence-corrected chi connectivity index (χ3v) is 5.83. The average molecular weight is 521 g/mol. The molecule has 0 saturated heterocycles. The van der Waals surface area contributed by atoms with Gasteiger partial charge in [-0.3, -0.25) is 10.1 Å². The third kappa shape index (κ3) is 5.57. The van der Waals surface area contributed by atoms with Crippen LogP contribution in [-0.2, 0) is 4.79 Å². The number of rotatable bonds is 5. The third-order valence-electron chi connectivity index (χ3n) is 4.58. The number of benzene rings is 3. The molecule has 0 spiro atoms. The molecule has 0 radical (unpaired) electrons. The van der Waals surface area contributed by atoms with Gasteiger partial charge in [0.05, 0.1) is 15.6 Å². The maximum atomic E-state index is 12.2. The Balaban J connectivity index is 1.39. The van der Waals surface area contributed by atoms with Gasteiger partial charge in [-0.05, 0) is 73.2 Å². The lowest BCUT2D eigenvalue weighted by Gasteiger charge is -2.11. The molecular formula is C23H16Cl3N3O3S. The number of oxazole rings is 1. The number of carbonyl (C=O) groups excluding carboxylic acids is 1. The molecule has 0 fully saturated rings. The first-order valence-electron chi connectivity index (χ1n) is 9.65. The quantitative estimate of drug-likeness (QED) is 0.287. The van der Waals surface area contributed by atoms with Gasteiger partial charge in [0.1, 0.15) is 11.3 Å². The number of thiocarbonyl (C=S) groups is 1. The average Bonchev–Trinajstić information content (AvgIpc) is 3.18. The summed E-state index contributed by atoms with van der Waals surface area (Å²) in [4.78, 5) is 16.7. The van der Waals surface area contributed by atoms with Crippen molar-refractivity contribution >= 4 is 74.8 Å². The SMILES string of the molecule is Cc1cc(Cl)ccc1OCC(=O)NC(=S)Nc1ccc2oc(-c3cccc(Cl)c3Cl)nc2c1. The number of halogens is 3. The lowest BCUT2D eigenvalue weighted by Crippen LogP contribution is -2.37. The molecule has 168 valence electrons. The molecule has 6 nitrogen and oxygen atoms in total. The predicted octanol–water partition coefficient (Wildman–Crippen LogP) is 6.66. The molecule has 33 heavy (non-hydrogen) atoms. The standard InChI is InChI=1S/C23H16Cl3N3O3S/c1-12-9-13(24)5-7-18(12)31-11-20(30)29-23(33)27-14-6-8-19-17(10-14)28-22(32-19)15-3-2-4-16(25)21(15)26/h2-10H,11H2,1H3,(H2,27,29,30,33). The highest BCUT2D eigenvalue weighted by Gasteiger charge is 2.14. The number of ether oxygens (including phenoxy) is 1. The number of aromatic nitrogens is 1. The van der Waals surface area contributed by atoms with E-state index >= 15 is 0 Å². The summed E-state index contributed by atoms with van der Waals surface area (Å²) in [7, 11) is 0. The molecule has 0 unspecified atom stereocenters. The van der Waals surface area contributed by atoms with Crippen LogP contribution in [0, 0.1) is 6.92 Å². The number of nitrogens with one attached hydrogen (secondary N) is 2. The molecule has 0 aliphatic heterocycles. The summed E-state index contributed by atoms with van der Waals surface area (Å²) >= 11 is 23.5. The van der Waals surface area contributed by atoms with Crippen molar-refractivity contribution in [3.05, 3.63) is 75.2 Å². The van der Waals surface area contributed by atoms with Gasteiger partial charge in [-0.1, -0.05) is 40.9 Å². The smallest absolute Gasteiger partial charge is 0.264 e. The van der Waals surface area contributed by atoms with Gasteiger partial charge < -0.3 is 14.5 Å². The van der Waals surface area contributed by atoms with Crippen LogP contribution in [0.3, 0.4) is 0 Å². The minimum atomic E-state index is -0.401. The highest BCUT2D eigenvalue weighted by Crippen LogP contribution is 2.34. The largest absolute Gasteiger partial charge is 0.483 e. The van der Waals surface area contributed by atoms with E-state index in [1.165, 1.54) is 0 Å². The van der Waals surface area contributed by atoms with Crippen molar-refractivity contribution in [3.63, 3.8) is 0 Å². The van der Waals surface area contributed by atoms with Crippen molar-refractivity contribution in [3.8, 4) is 17.2 Å². The van der Waals surface area contributed by atoms with Crippen molar-refractivity contribution in [2.45, 2.75) is 6.92 Å². The van der Waals surface area contributed by atoms with Crippen molar-refractivity contribution in [2.75, 3.05) is 11.9 Å². The van der Waals surface area contributed by atoms with Crippen LogP contribution in [0.1, 0.15) is 5.56 Å². The van der Waals surface area contributed by atoms with Crippen LogP contribution in [0.5, 0.6) is 5.75 Å². The molecule has 0 bridgehead atoms. The molecule has 2 N–H and O–H groups in total. The number of carbonyl (C=O) groups is 1. The van der Waals surface area contributed by atoms with Crippen LogP contribution in [0.25, 0.3) is 22.6 Å². The lowest BCUT2D eigenvalue weighted by molar-refractivity contribution is -0.121. The lowest BCUT2D eigenvalue weighted by atomic mass is 10.2. The highest BCUT2D eigenvalue weighted by atomic mass is 35.5. The second-order valence-electron chi connectivity index (χ2n) is 7.00. The van der Waals surface area contributed by atoms with E-state index in [-0.39, 0.29) is 11.7 Å². The van der Waals surface area contributed by atoms with E-state index < -0.39 is 5.91 Å². The zero-order valence-electron chi connectivity index (χ0n) is 17.1. The van der Waals surface area contributed by atoms with Gasteiger partial charge in [-0.2, -0.15) is 0 Å². The van der Waals surface area contributed by atoms with Crippen LogP contribution in [0.15, 0.2) is 59.0 Å². The molecule has 1 heterocycles. The van der Waals surface area contributed by atoms with Crippen LogP contribution < -0.4 is 15.4 Å². The molecule has 4 rings (SSSR count). The van der Waals surface area contributed by atoms with E-state index in [0.29, 0.717) is 49.1 Å². The summed E-state index contributed by atoms with van der Waals surface area (Å²) in [5.41, 5.74) is 3.19. The van der Waals surface area contributed by atoms with E-state index in [4.69, 9.17) is 56.2 Å². The molecular weight excluding hydrogens is 505 g/mol. The van der Waals surface area contributed by atoms with Gasteiger partial charge in [0.15, 0.2) is 17.3 Å². The summed E-state index contributed by atoms with van der Waals surface area (Å²) < 4.78 is 11.3. The second-order valence-corrected chi connectivity index (χ2v) is 8.63. The Hall–Kier alpha value is -2.84.